The summed E-state index contributed by atoms with van der Waals surface area (Å²) < 4.78 is 5.62. The number of benzene rings is 1. The zero-order valence-corrected chi connectivity index (χ0v) is 20.2. The lowest BCUT2D eigenvalue weighted by molar-refractivity contribution is -0.137. The number of oxime groups is 1. The first kappa shape index (κ1) is 24.2. The minimum absolute atomic E-state index is 0.0220. The molecule has 1 saturated heterocycles. The predicted octanol–water partition coefficient (Wildman–Crippen LogP) is 5.19. The molecule has 1 aliphatic carbocycles. The Hall–Kier alpha value is -2.89. The van der Waals surface area contributed by atoms with E-state index < -0.39 is 0 Å². The predicted molar refractivity (Wildman–Crippen MR) is 133 cm³/mol. The van der Waals surface area contributed by atoms with Gasteiger partial charge in [-0.15, -0.1) is 0 Å². The van der Waals surface area contributed by atoms with Crippen molar-refractivity contribution in [1.82, 2.24) is 4.90 Å². The van der Waals surface area contributed by atoms with Crippen LogP contribution in [0.2, 0.25) is 0 Å². The Balaban J connectivity index is 1.51. The molecule has 1 amide bonds. The molecule has 6 heteroatoms. The van der Waals surface area contributed by atoms with E-state index >= 15 is 0 Å². The highest BCUT2D eigenvalue weighted by atomic mass is 16.6. The fourth-order valence-electron chi connectivity index (χ4n) is 4.53. The monoisotopic (exact) mass is 464 g/mol. The Labute approximate surface area is 202 Å². The molecule has 0 aromatic heterocycles. The minimum atomic E-state index is -0.262. The molecule has 3 aliphatic rings. The van der Waals surface area contributed by atoms with Crippen molar-refractivity contribution >= 4 is 17.6 Å². The van der Waals surface area contributed by atoms with Crippen molar-refractivity contribution in [2.24, 2.45) is 11.1 Å². The highest BCUT2D eigenvalue weighted by Crippen LogP contribution is 2.42. The number of hydrogen-bond donors (Lipinski definition) is 0. The lowest BCUT2D eigenvalue weighted by Gasteiger charge is -2.29. The van der Waals surface area contributed by atoms with Crippen molar-refractivity contribution in [2.45, 2.75) is 64.2 Å². The van der Waals surface area contributed by atoms with Crippen LogP contribution in [0.25, 0.3) is 0 Å². The summed E-state index contributed by atoms with van der Waals surface area (Å²) >= 11 is 0. The number of allylic oxidation sites excluding steroid dienone is 3. The van der Waals surface area contributed by atoms with Gasteiger partial charge in [-0.05, 0) is 74.0 Å². The first-order valence-electron chi connectivity index (χ1n) is 12.7. The van der Waals surface area contributed by atoms with Gasteiger partial charge in [0.05, 0.1) is 17.9 Å². The van der Waals surface area contributed by atoms with Gasteiger partial charge in [0, 0.05) is 19.5 Å². The number of nitrogens with zero attached hydrogens (tertiary/aromatic N) is 2. The smallest absolute Gasteiger partial charge is 0.338 e. The van der Waals surface area contributed by atoms with Gasteiger partial charge < -0.3 is 14.5 Å². The third-order valence-electron chi connectivity index (χ3n) is 6.78. The molecular weight excluding hydrogens is 428 g/mol. The summed E-state index contributed by atoms with van der Waals surface area (Å²) in [5, 5.41) is 4.33. The van der Waals surface area contributed by atoms with Crippen LogP contribution in [-0.4, -0.2) is 48.8 Å². The zero-order chi connectivity index (χ0) is 23.8. The fourth-order valence-corrected chi connectivity index (χ4v) is 4.53. The quantitative estimate of drug-likeness (QED) is 0.349. The third kappa shape index (κ3) is 6.81. The van der Waals surface area contributed by atoms with Crippen LogP contribution < -0.4 is 0 Å². The van der Waals surface area contributed by atoms with E-state index in [1.807, 2.05) is 29.2 Å². The molecule has 182 valence electrons. The van der Waals surface area contributed by atoms with Gasteiger partial charge in [-0.2, -0.15) is 0 Å². The van der Waals surface area contributed by atoms with Crippen LogP contribution in [0.4, 0.5) is 0 Å². The number of carbonyl (C=O) groups excluding carboxylic acids is 2. The Morgan fingerprint density at radius 2 is 1.85 bits per heavy atom. The lowest BCUT2D eigenvalue weighted by atomic mass is 9.94. The minimum Gasteiger partial charge on any atom is -0.462 e. The van der Waals surface area contributed by atoms with Crippen molar-refractivity contribution in [3.63, 3.8) is 0 Å². The first-order valence-corrected chi connectivity index (χ1v) is 12.7. The summed E-state index contributed by atoms with van der Waals surface area (Å²) in [6.07, 6.45) is 15.4. The summed E-state index contributed by atoms with van der Waals surface area (Å²) in [4.78, 5) is 33.0. The number of fused-ring (bicyclic) bond motifs is 1. The van der Waals surface area contributed by atoms with Crippen molar-refractivity contribution in [3.8, 4) is 0 Å². The average molecular weight is 465 g/mol. The number of amides is 1. The van der Waals surface area contributed by atoms with E-state index in [1.54, 1.807) is 0 Å². The molecule has 2 aliphatic heterocycles. The van der Waals surface area contributed by atoms with E-state index in [-0.39, 0.29) is 18.5 Å². The Bertz CT molecular complexity index is 953. The fraction of sp³-hybridized carbons (Fsp3) is 0.536. The molecule has 0 bridgehead atoms. The van der Waals surface area contributed by atoms with Crippen molar-refractivity contribution in [2.75, 3.05) is 26.3 Å². The Kier molecular flexibility index (Phi) is 8.56. The van der Waals surface area contributed by atoms with Gasteiger partial charge in [0.2, 0.25) is 0 Å². The van der Waals surface area contributed by atoms with Crippen LogP contribution in [0.1, 0.15) is 79.3 Å². The van der Waals surface area contributed by atoms with E-state index in [9.17, 15) is 9.59 Å². The average Bonchev–Trinajstić information content (AvgIpc) is 3.68. The highest BCUT2D eigenvalue weighted by molar-refractivity contribution is 6.00. The molecule has 2 heterocycles. The SMILES string of the molecule is CC1CCN(C(=O)CO/N=C2/C=C/CC/C=C/CCOC(=O)c3c(cccc3C3CC3)C2)CC1. The maximum atomic E-state index is 13.1. The summed E-state index contributed by atoms with van der Waals surface area (Å²) in [6.45, 7) is 4.11. The second kappa shape index (κ2) is 12.0. The van der Waals surface area contributed by atoms with Gasteiger partial charge in [0.1, 0.15) is 0 Å². The number of esters is 1. The molecular formula is C28H36N2O4. The molecule has 0 atom stereocenters. The number of hydrogen-bond acceptors (Lipinski definition) is 5. The summed E-state index contributed by atoms with van der Waals surface area (Å²) in [7, 11) is 0. The number of cyclic esters (lactones) is 1. The molecule has 34 heavy (non-hydrogen) atoms. The molecule has 1 aromatic rings. The van der Waals surface area contributed by atoms with Crippen molar-refractivity contribution in [3.05, 3.63) is 59.2 Å². The molecule has 4 rings (SSSR count). The van der Waals surface area contributed by atoms with Gasteiger partial charge in [0.15, 0.2) is 6.61 Å². The third-order valence-corrected chi connectivity index (χ3v) is 6.78. The summed E-state index contributed by atoms with van der Waals surface area (Å²) in [5.41, 5.74) is 3.34. The maximum absolute atomic E-state index is 13.1. The second-order valence-corrected chi connectivity index (χ2v) is 9.63. The van der Waals surface area contributed by atoms with E-state index in [4.69, 9.17) is 9.57 Å². The van der Waals surface area contributed by atoms with E-state index in [0.29, 0.717) is 36.1 Å². The Morgan fingerprint density at radius 1 is 1.09 bits per heavy atom. The number of carbonyl (C=O) groups is 2. The molecule has 0 radical (unpaired) electrons. The van der Waals surface area contributed by atoms with Crippen LogP contribution in [0.3, 0.4) is 0 Å². The molecule has 6 nitrogen and oxygen atoms in total. The first-order chi connectivity index (χ1) is 16.6. The number of likely N-dealkylation sites (tertiary alicyclic amines) is 1. The van der Waals surface area contributed by atoms with Crippen LogP contribution in [0.5, 0.6) is 0 Å². The van der Waals surface area contributed by atoms with Crippen LogP contribution in [0.15, 0.2) is 47.7 Å². The van der Waals surface area contributed by atoms with Crippen LogP contribution in [0, 0.1) is 5.92 Å². The largest absolute Gasteiger partial charge is 0.462 e. The number of piperidine rings is 1. The summed E-state index contributed by atoms with van der Waals surface area (Å²) in [6, 6.07) is 6.02. The van der Waals surface area contributed by atoms with Gasteiger partial charge in [-0.1, -0.05) is 48.5 Å². The molecule has 2 fully saturated rings. The molecule has 0 unspecified atom stereocenters. The van der Waals surface area contributed by atoms with E-state index in [2.05, 4.69) is 30.3 Å². The molecule has 1 aromatic carbocycles. The Morgan fingerprint density at radius 3 is 2.65 bits per heavy atom. The molecule has 1 saturated carbocycles. The molecule has 0 N–H and O–H groups in total. The van der Waals surface area contributed by atoms with Crippen molar-refractivity contribution < 1.29 is 19.2 Å². The lowest BCUT2D eigenvalue weighted by Crippen LogP contribution is -2.39. The van der Waals surface area contributed by atoms with Crippen LogP contribution in [-0.2, 0) is 20.8 Å². The second-order valence-electron chi connectivity index (χ2n) is 9.63. The van der Waals surface area contributed by atoms with Gasteiger partial charge >= 0.3 is 5.97 Å². The normalized spacial score (nSPS) is 23.5. The van der Waals surface area contributed by atoms with E-state index in [1.165, 1.54) is 0 Å². The summed E-state index contributed by atoms with van der Waals surface area (Å²) in [5.74, 6) is 0.813. The number of ether oxygens (including phenoxy) is 1. The van der Waals surface area contributed by atoms with Gasteiger partial charge in [0.25, 0.3) is 5.91 Å². The van der Waals surface area contributed by atoms with E-state index in [0.717, 1.165) is 69.2 Å². The van der Waals surface area contributed by atoms with Crippen LogP contribution >= 0.6 is 0 Å². The topological polar surface area (TPSA) is 68.2 Å². The van der Waals surface area contributed by atoms with Gasteiger partial charge in [-0.25, -0.2) is 4.79 Å². The van der Waals surface area contributed by atoms with Gasteiger partial charge in [-0.3, -0.25) is 4.79 Å². The highest BCUT2D eigenvalue weighted by Gasteiger charge is 2.30. The van der Waals surface area contributed by atoms with Crippen molar-refractivity contribution in [1.29, 1.82) is 0 Å². The molecule has 0 spiro atoms. The maximum Gasteiger partial charge on any atom is 0.338 e. The number of rotatable bonds is 4. The zero-order valence-electron chi connectivity index (χ0n) is 20.2. The standard InChI is InChI=1S/C28H36N2O4/c1-21-14-16-30(17-15-21)26(31)20-34-29-24-10-6-4-2-3-5-7-18-33-28(32)27-23(19-24)9-8-11-25(27)22-12-13-22/h3,5-6,8-11,21-22H,2,4,7,12-20H2,1H3/b5-3+,10-6+,29-24-.